The van der Waals surface area contributed by atoms with Crippen LogP contribution in [0.4, 0.5) is 4.39 Å². The van der Waals surface area contributed by atoms with Crippen molar-refractivity contribution < 1.29 is 9.13 Å². The fourth-order valence-electron chi connectivity index (χ4n) is 2.10. The van der Waals surface area contributed by atoms with E-state index < -0.39 is 0 Å². The van der Waals surface area contributed by atoms with Gasteiger partial charge in [0.05, 0.1) is 6.61 Å². The monoisotopic (exact) mass is 223 g/mol. The Morgan fingerprint density at radius 3 is 2.81 bits per heavy atom. The highest BCUT2D eigenvalue weighted by Gasteiger charge is 2.17. The lowest BCUT2D eigenvalue weighted by molar-refractivity contribution is 0.188. The molecule has 0 radical (unpaired) electrons. The Balaban J connectivity index is 1.81. The molecule has 1 fully saturated rings. The van der Waals surface area contributed by atoms with Crippen LogP contribution in [-0.4, -0.2) is 25.3 Å². The second-order valence-corrected chi connectivity index (χ2v) is 4.46. The molecule has 1 N–H and O–H groups in total. The summed E-state index contributed by atoms with van der Waals surface area (Å²) in [6.45, 7) is 3.83. The third kappa shape index (κ3) is 3.29. The van der Waals surface area contributed by atoms with Crippen molar-refractivity contribution in [3.05, 3.63) is 35.6 Å². The van der Waals surface area contributed by atoms with E-state index in [4.69, 9.17) is 4.74 Å². The Kier molecular flexibility index (Phi) is 3.91. The Labute approximate surface area is 95.8 Å². The van der Waals surface area contributed by atoms with Crippen molar-refractivity contribution in [1.29, 1.82) is 0 Å². The lowest BCUT2D eigenvalue weighted by atomic mass is 10.1. The van der Waals surface area contributed by atoms with Gasteiger partial charge < -0.3 is 10.1 Å². The fourth-order valence-corrected chi connectivity index (χ4v) is 2.10. The second kappa shape index (κ2) is 5.41. The van der Waals surface area contributed by atoms with Crippen LogP contribution in [0.15, 0.2) is 24.3 Å². The van der Waals surface area contributed by atoms with Crippen molar-refractivity contribution in [2.75, 3.05) is 13.2 Å². The molecule has 16 heavy (non-hydrogen) atoms. The normalized spacial score (nSPS) is 22.2. The molecule has 0 spiro atoms. The molecular weight excluding hydrogens is 205 g/mol. The third-order valence-electron chi connectivity index (χ3n) is 2.91. The molecule has 2 rings (SSSR count). The molecule has 1 aromatic rings. The van der Waals surface area contributed by atoms with Gasteiger partial charge in [-0.3, -0.25) is 0 Å². The summed E-state index contributed by atoms with van der Waals surface area (Å²) >= 11 is 0. The number of ether oxygens (including phenoxy) is 1. The van der Waals surface area contributed by atoms with Crippen LogP contribution in [0.3, 0.4) is 0 Å². The number of hydrogen-bond acceptors (Lipinski definition) is 2. The maximum absolute atomic E-state index is 12.7. The zero-order valence-electron chi connectivity index (χ0n) is 9.58. The number of nitrogens with one attached hydrogen (secondary N) is 1. The summed E-state index contributed by atoms with van der Waals surface area (Å²) in [6, 6.07) is 7.60. The van der Waals surface area contributed by atoms with Crippen LogP contribution < -0.4 is 5.32 Å². The van der Waals surface area contributed by atoms with Crippen LogP contribution in [-0.2, 0) is 11.2 Å². The van der Waals surface area contributed by atoms with Crippen LogP contribution in [0.1, 0.15) is 18.9 Å². The minimum absolute atomic E-state index is 0.173. The van der Waals surface area contributed by atoms with Crippen LogP contribution in [0.2, 0.25) is 0 Å². The van der Waals surface area contributed by atoms with Gasteiger partial charge in [-0.2, -0.15) is 0 Å². The molecule has 0 aromatic heterocycles. The molecule has 2 nitrogen and oxygen atoms in total. The largest absolute Gasteiger partial charge is 0.380 e. The zero-order chi connectivity index (χ0) is 11.4. The lowest BCUT2D eigenvalue weighted by Crippen LogP contribution is -2.38. The highest BCUT2D eigenvalue weighted by molar-refractivity contribution is 5.17. The van der Waals surface area contributed by atoms with Crippen molar-refractivity contribution in [2.24, 2.45) is 0 Å². The Morgan fingerprint density at radius 1 is 1.44 bits per heavy atom. The maximum Gasteiger partial charge on any atom is 0.123 e. The number of halogens is 1. The highest BCUT2D eigenvalue weighted by atomic mass is 19.1. The fraction of sp³-hybridized carbons (Fsp3) is 0.538. The summed E-state index contributed by atoms with van der Waals surface area (Å²) in [4.78, 5) is 0. The molecule has 0 amide bonds. The van der Waals surface area contributed by atoms with E-state index in [0.717, 1.165) is 26.1 Å². The number of hydrogen-bond donors (Lipinski definition) is 1. The first-order valence-electron chi connectivity index (χ1n) is 5.82. The molecule has 1 heterocycles. The molecular formula is C13H18FNO. The van der Waals surface area contributed by atoms with Gasteiger partial charge >= 0.3 is 0 Å². The smallest absolute Gasteiger partial charge is 0.123 e. The highest BCUT2D eigenvalue weighted by Crippen LogP contribution is 2.09. The molecule has 2 unspecified atom stereocenters. The SMILES string of the molecule is CC(Cc1ccc(F)cc1)NC1CCOC1. The summed E-state index contributed by atoms with van der Waals surface area (Å²) in [5.41, 5.74) is 1.17. The summed E-state index contributed by atoms with van der Waals surface area (Å²) in [5.74, 6) is -0.173. The van der Waals surface area contributed by atoms with Gasteiger partial charge in [0.25, 0.3) is 0 Å². The average molecular weight is 223 g/mol. The molecule has 1 saturated heterocycles. The van der Waals surface area contributed by atoms with Gasteiger partial charge in [0.1, 0.15) is 5.82 Å². The molecule has 3 heteroatoms. The van der Waals surface area contributed by atoms with E-state index in [1.807, 2.05) is 12.1 Å². The van der Waals surface area contributed by atoms with Crippen molar-refractivity contribution in [3.63, 3.8) is 0 Å². The predicted molar refractivity (Wildman–Crippen MR) is 61.9 cm³/mol. The topological polar surface area (TPSA) is 21.3 Å². The van der Waals surface area contributed by atoms with E-state index in [9.17, 15) is 4.39 Å². The van der Waals surface area contributed by atoms with Crippen molar-refractivity contribution in [3.8, 4) is 0 Å². The summed E-state index contributed by atoms with van der Waals surface area (Å²) < 4.78 is 18.0. The van der Waals surface area contributed by atoms with E-state index in [1.165, 1.54) is 17.7 Å². The van der Waals surface area contributed by atoms with Gasteiger partial charge in [-0.25, -0.2) is 4.39 Å². The van der Waals surface area contributed by atoms with Gasteiger partial charge in [0.2, 0.25) is 0 Å². The number of benzene rings is 1. The Hall–Kier alpha value is -0.930. The van der Waals surface area contributed by atoms with Gasteiger partial charge in [0, 0.05) is 18.7 Å². The third-order valence-corrected chi connectivity index (χ3v) is 2.91. The molecule has 2 atom stereocenters. The molecule has 0 aliphatic carbocycles. The number of rotatable bonds is 4. The van der Waals surface area contributed by atoms with Gasteiger partial charge in [-0.05, 0) is 37.5 Å². The van der Waals surface area contributed by atoms with E-state index in [1.54, 1.807) is 0 Å². The summed E-state index contributed by atoms with van der Waals surface area (Å²) in [5, 5.41) is 3.52. The first kappa shape index (κ1) is 11.6. The Bertz CT molecular complexity index is 319. The van der Waals surface area contributed by atoms with E-state index in [0.29, 0.717) is 12.1 Å². The molecule has 1 aromatic carbocycles. The molecule has 88 valence electrons. The van der Waals surface area contributed by atoms with Gasteiger partial charge in [-0.15, -0.1) is 0 Å². The molecule has 1 aliphatic rings. The van der Waals surface area contributed by atoms with E-state index in [-0.39, 0.29) is 5.82 Å². The summed E-state index contributed by atoms with van der Waals surface area (Å²) in [6.07, 6.45) is 2.02. The maximum atomic E-state index is 12.7. The first-order chi connectivity index (χ1) is 7.74. The second-order valence-electron chi connectivity index (χ2n) is 4.46. The first-order valence-corrected chi connectivity index (χ1v) is 5.82. The van der Waals surface area contributed by atoms with E-state index in [2.05, 4.69) is 12.2 Å². The van der Waals surface area contributed by atoms with Crippen molar-refractivity contribution in [2.45, 2.75) is 31.8 Å². The summed E-state index contributed by atoms with van der Waals surface area (Å²) in [7, 11) is 0. The Morgan fingerprint density at radius 2 is 2.19 bits per heavy atom. The minimum atomic E-state index is -0.173. The molecule has 1 aliphatic heterocycles. The van der Waals surface area contributed by atoms with Gasteiger partial charge in [-0.1, -0.05) is 12.1 Å². The van der Waals surface area contributed by atoms with Crippen molar-refractivity contribution >= 4 is 0 Å². The quantitative estimate of drug-likeness (QED) is 0.844. The zero-order valence-corrected chi connectivity index (χ0v) is 9.58. The van der Waals surface area contributed by atoms with Crippen LogP contribution >= 0.6 is 0 Å². The lowest BCUT2D eigenvalue weighted by Gasteiger charge is -2.18. The van der Waals surface area contributed by atoms with Crippen LogP contribution in [0.5, 0.6) is 0 Å². The standard InChI is InChI=1S/C13H18FNO/c1-10(15-13-6-7-16-9-13)8-11-2-4-12(14)5-3-11/h2-5,10,13,15H,6-9H2,1H3. The van der Waals surface area contributed by atoms with Crippen LogP contribution in [0, 0.1) is 5.82 Å². The predicted octanol–water partition coefficient (Wildman–Crippen LogP) is 2.14. The van der Waals surface area contributed by atoms with E-state index >= 15 is 0 Å². The van der Waals surface area contributed by atoms with Gasteiger partial charge in [0.15, 0.2) is 0 Å². The van der Waals surface area contributed by atoms with Crippen LogP contribution in [0.25, 0.3) is 0 Å². The van der Waals surface area contributed by atoms with Crippen molar-refractivity contribution in [1.82, 2.24) is 5.32 Å². The molecule has 0 saturated carbocycles. The average Bonchev–Trinajstić information content (AvgIpc) is 2.74. The minimum Gasteiger partial charge on any atom is -0.380 e. The molecule has 0 bridgehead atoms.